The molecule has 0 aliphatic carbocycles. The molecule has 0 saturated carbocycles. The number of hydrogen-bond acceptors (Lipinski definition) is 12. The number of hydrogen-bond donors (Lipinski definition) is 4. The molecule has 1 unspecified atom stereocenters. The van der Waals surface area contributed by atoms with E-state index in [4.69, 9.17) is 14.0 Å². The zero-order chi connectivity index (χ0) is 26.6. The van der Waals surface area contributed by atoms with Crippen LogP contribution in [0.2, 0.25) is 0 Å². The number of aromatic amines is 1. The van der Waals surface area contributed by atoms with Gasteiger partial charge in [-0.25, -0.2) is 9.88 Å². The van der Waals surface area contributed by atoms with Crippen molar-refractivity contribution in [2.45, 2.75) is 63.9 Å². The Bertz CT molecular complexity index is 1070. The fourth-order valence-electron chi connectivity index (χ4n) is 3.09. The second kappa shape index (κ2) is 11.8. The number of rotatable bonds is 11. The number of aromatic nitrogens is 2. The van der Waals surface area contributed by atoms with Crippen LogP contribution in [-0.4, -0.2) is 81.1 Å². The van der Waals surface area contributed by atoms with Crippen molar-refractivity contribution in [1.82, 2.24) is 14.6 Å². The van der Waals surface area contributed by atoms with Crippen molar-refractivity contribution in [3.63, 3.8) is 0 Å². The molecule has 35 heavy (non-hydrogen) atoms. The molecule has 14 nitrogen and oxygen atoms in total. The lowest BCUT2D eigenvalue weighted by atomic mass is 9.96. The van der Waals surface area contributed by atoms with Gasteiger partial charge in [0.25, 0.3) is 5.56 Å². The first-order valence-electron chi connectivity index (χ1n) is 10.5. The number of carbonyl (C=O) groups excluding carboxylic acids is 2. The highest BCUT2D eigenvalue weighted by Gasteiger charge is 2.54. The number of carbonyl (C=O) groups is 2. The second-order valence-electron chi connectivity index (χ2n) is 8.19. The van der Waals surface area contributed by atoms with Gasteiger partial charge in [-0.15, -0.1) is 0 Å². The summed E-state index contributed by atoms with van der Waals surface area (Å²) in [5.74, 6) is -1.79. The highest BCUT2D eigenvalue weighted by atomic mass is 32.7. The molecule has 0 amide bonds. The van der Waals surface area contributed by atoms with Gasteiger partial charge in [0.2, 0.25) is 0 Å². The minimum absolute atomic E-state index is 0.381. The number of methoxy groups -OCH3 is 1. The van der Waals surface area contributed by atoms with Crippen molar-refractivity contribution < 1.29 is 43.1 Å². The third kappa shape index (κ3) is 7.49. The second-order valence-corrected chi connectivity index (χ2v) is 12.5. The Balaban J connectivity index is 2.19. The van der Waals surface area contributed by atoms with E-state index in [-0.39, 0.29) is 5.75 Å². The Kier molecular flexibility index (Phi) is 9.87. The van der Waals surface area contributed by atoms with E-state index in [1.807, 2.05) is 4.98 Å². The molecule has 0 spiro atoms. The molecule has 0 bridgehead atoms. The summed E-state index contributed by atoms with van der Waals surface area (Å²) >= 11 is 0.552. The average Bonchev–Trinajstić information content (AvgIpc) is 2.99. The molecule has 0 radical (unpaired) electrons. The van der Waals surface area contributed by atoms with Gasteiger partial charge in [0, 0.05) is 12.3 Å². The zero-order valence-electron chi connectivity index (χ0n) is 19.8. The lowest BCUT2D eigenvalue weighted by molar-refractivity contribution is -0.149. The van der Waals surface area contributed by atoms with E-state index in [0.717, 1.165) is 23.9 Å². The van der Waals surface area contributed by atoms with Crippen LogP contribution in [0.4, 0.5) is 0 Å². The van der Waals surface area contributed by atoms with E-state index >= 15 is 0 Å². The third-order valence-corrected chi connectivity index (χ3v) is 8.84. The Morgan fingerprint density at radius 1 is 1.37 bits per heavy atom. The molecule has 2 heterocycles. The maximum absolute atomic E-state index is 13.4. The van der Waals surface area contributed by atoms with Gasteiger partial charge in [-0.05, 0) is 39.1 Å². The molecule has 1 aromatic heterocycles. The first-order valence-corrected chi connectivity index (χ1v) is 13.7. The van der Waals surface area contributed by atoms with Crippen LogP contribution in [0.25, 0.3) is 0 Å². The van der Waals surface area contributed by atoms with E-state index in [1.165, 1.54) is 13.8 Å². The molecule has 1 fully saturated rings. The normalized spacial score (nSPS) is 26.8. The van der Waals surface area contributed by atoms with Crippen LogP contribution in [0, 0.1) is 0 Å². The predicted octanol–water partition coefficient (Wildman–Crippen LogP) is -0.493. The first-order chi connectivity index (χ1) is 16.2. The fraction of sp³-hybridized carbons (Fsp3) is 0.684. The SMILES string of the molecule is COC(=O)CSP(=O)(N[C@@H](C)C(=O)OC(C)C)OC[C@H]1O[C@@H](n2ccc(=O)[nH]c2=O)[C@](C)(O)[C@@H]1O. The monoisotopic (exact) mass is 539 g/mol. The molecular formula is C19H30N3O11PS. The summed E-state index contributed by atoms with van der Waals surface area (Å²) in [6.45, 7) is 1.34. The van der Waals surface area contributed by atoms with Crippen molar-refractivity contribution in [2.24, 2.45) is 0 Å². The van der Waals surface area contributed by atoms with Gasteiger partial charge in [-0.3, -0.25) is 28.5 Å². The van der Waals surface area contributed by atoms with Crippen LogP contribution in [-0.2, 0) is 32.9 Å². The van der Waals surface area contributed by atoms with Gasteiger partial charge in [0.05, 0.1) is 19.8 Å². The highest BCUT2D eigenvalue weighted by molar-refractivity contribution is 8.56. The molecule has 1 aliphatic rings. The third-order valence-electron chi connectivity index (χ3n) is 4.90. The van der Waals surface area contributed by atoms with Crippen LogP contribution in [0.5, 0.6) is 0 Å². The molecule has 6 atom stereocenters. The topological polar surface area (TPSA) is 195 Å². The Hall–Kier alpha value is -2.00. The predicted molar refractivity (Wildman–Crippen MR) is 124 cm³/mol. The number of ether oxygens (including phenoxy) is 3. The van der Waals surface area contributed by atoms with Crippen molar-refractivity contribution in [3.05, 3.63) is 33.1 Å². The Labute approximate surface area is 204 Å². The average molecular weight is 540 g/mol. The van der Waals surface area contributed by atoms with E-state index < -0.39 is 72.7 Å². The van der Waals surface area contributed by atoms with Crippen LogP contribution in [0.3, 0.4) is 0 Å². The van der Waals surface area contributed by atoms with Crippen LogP contribution >= 0.6 is 18.1 Å². The quantitative estimate of drug-likeness (QED) is 0.208. The number of nitrogens with one attached hydrogen (secondary N) is 2. The van der Waals surface area contributed by atoms with Gasteiger partial charge < -0.3 is 28.9 Å². The summed E-state index contributed by atoms with van der Waals surface area (Å²) in [4.78, 5) is 49.2. The lowest BCUT2D eigenvalue weighted by Crippen LogP contribution is -2.47. The van der Waals surface area contributed by atoms with E-state index in [9.17, 15) is 34.0 Å². The van der Waals surface area contributed by atoms with Crippen molar-refractivity contribution >= 4 is 30.0 Å². The minimum atomic E-state index is -3.99. The summed E-state index contributed by atoms with van der Waals surface area (Å²) in [5.41, 5.74) is -3.54. The number of aliphatic hydroxyl groups excluding tert-OH is 1. The van der Waals surface area contributed by atoms with E-state index in [2.05, 4.69) is 9.82 Å². The first kappa shape index (κ1) is 29.2. The lowest BCUT2D eigenvalue weighted by Gasteiger charge is -2.27. The maximum atomic E-state index is 13.4. The van der Waals surface area contributed by atoms with Gasteiger partial charge in [-0.1, -0.05) is 0 Å². The van der Waals surface area contributed by atoms with E-state index in [1.54, 1.807) is 13.8 Å². The molecule has 16 heteroatoms. The largest absolute Gasteiger partial charge is 0.468 e. The molecule has 2 rings (SSSR count). The molecule has 1 saturated heterocycles. The summed E-state index contributed by atoms with van der Waals surface area (Å²) in [6, 6.07) is -0.0469. The van der Waals surface area contributed by atoms with Crippen LogP contribution in [0.15, 0.2) is 21.9 Å². The zero-order valence-corrected chi connectivity index (χ0v) is 21.5. The molecule has 1 aromatic rings. The summed E-state index contributed by atoms with van der Waals surface area (Å²) in [7, 11) is 1.15. The van der Waals surface area contributed by atoms with Crippen LogP contribution in [0.1, 0.15) is 33.9 Å². The van der Waals surface area contributed by atoms with Crippen molar-refractivity contribution in [3.8, 4) is 0 Å². The van der Waals surface area contributed by atoms with Gasteiger partial charge in [-0.2, -0.15) is 0 Å². The number of aliphatic hydroxyl groups is 2. The van der Waals surface area contributed by atoms with E-state index in [0.29, 0.717) is 11.4 Å². The van der Waals surface area contributed by atoms with Crippen molar-refractivity contribution in [2.75, 3.05) is 19.5 Å². The van der Waals surface area contributed by atoms with Gasteiger partial charge in [0.15, 0.2) is 6.23 Å². The Morgan fingerprint density at radius 3 is 2.60 bits per heavy atom. The maximum Gasteiger partial charge on any atom is 0.330 e. The number of H-pyrrole nitrogens is 1. The molecular weight excluding hydrogens is 509 g/mol. The molecule has 1 aliphatic heterocycles. The standard InChI is InChI=1S/C19H30N3O11PS/c1-10(2)32-16(26)11(3)21-34(29,35-9-14(24)30-5)31-8-12-15(25)19(4,28)17(33-12)22-7-6-13(23)20-18(22)27/h6-7,10-12,15,17,25,28H,8-9H2,1-5H3,(H,21,29)(H,20,23,27)/t11-,12+,15+,17+,19+,34?/m0/s1. The summed E-state index contributed by atoms with van der Waals surface area (Å²) in [5, 5.41) is 23.9. The fourth-order valence-corrected chi connectivity index (χ4v) is 6.56. The smallest absolute Gasteiger partial charge is 0.330 e. The molecule has 4 N–H and O–H groups in total. The summed E-state index contributed by atoms with van der Waals surface area (Å²) in [6.07, 6.45) is -3.62. The molecule has 0 aromatic carbocycles. The highest BCUT2D eigenvalue weighted by Crippen LogP contribution is 2.57. The van der Waals surface area contributed by atoms with Gasteiger partial charge >= 0.3 is 24.3 Å². The number of nitrogens with zero attached hydrogens (tertiary/aromatic N) is 1. The molecule has 198 valence electrons. The van der Waals surface area contributed by atoms with Crippen LogP contribution < -0.4 is 16.3 Å². The minimum Gasteiger partial charge on any atom is -0.468 e. The Morgan fingerprint density at radius 2 is 2.03 bits per heavy atom. The summed E-state index contributed by atoms with van der Waals surface area (Å²) < 4.78 is 35.0. The van der Waals surface area contributed by atoms with Crippen molar-refractivity contribution in [1.29, 1.82) is 0 Å². The van der Waals surface area contributed by atoms with Gasteiger partial charge in [0.1, 0.15) is 29.6 Å². The number of esters is 2.